The molecule has 0 radical (unpaired) electrons. The van der Waals surface area contributed by atoms with Crippen LogP contribution in [0, 0.1) is 0 Å². The van der Waals surface area contributed by atoms with E-state index in [1.165, 1.54) is 0 Å². The molecule has 6 heteroatoms. The molecule has 3 rings (SSSR count). The van der Waals surface area contributed by atoms with Crippen molar-refractivity contribution in [1.82, 2.24) is 9.88 Å². The number of aromatic nitrogens is 1. The van der Waals surface area contributed by atoms with Crippen molar-refractivity contribution in [1.29, 1.82) is 0 Å². The third-order valence-electron chi connectivity index (χ3n) is 5.04. The molecule has 0 spiro atoms. The first-order valence-electron chi connectivity index (χ1n) is 9.63. The summed E-state index contributed by atoms with van der Waals surface area (Å²) in [5, 5.41) is 3.05. The molecule has 0 saturated carbocycles. The number of carbonyl (C=O) groups excluding carboxylic acids is 2. The number of nitrogens with one attached hydrogen (secondary N) is 1. The second kappa shape index (κ2) is 8.00. The molecule has 28 heavy (non-hydrogen) atoms. The van der Waals surface area contributed by atoms with Crippen LogP contribution in [0.3, 0.4) is 0 Å². The Labute approximate surface area is 166 Å². The summed E-state index contributed by atoms with van der Waals surface area (Å²) in [6.07, 6.45) is 1.66. The highest BCUT2D eigenvalue weighted by atomic mass is 16.2. The lowest BCUT2D eigenvalue weighted by Gasteiger charge is -2.35. The van der Waals surface area contributed by atoms with Gasteiger partial charge in [-0.15, -0.1) is 0 Å². The third kappa shape index (κ3) is 4.50. The molecule has 1 aliphatic rings. The molecule has 2 heterocycles. The fourth-order valence-corrected chi connectivity index (χ4v) is 3.42. The average molecular weight is 380 g/mol. The van der Waals surface area contributed by atoms with E-state index < -0.39 is 0 Å². The Morgan fingerprint density at radius 1 is 1.04 bits per heavy atom. The second-order valence-corrected chi connectivity index (χ2v) is 8.15. The number of anilines is 2. The number of hydrogen-bond donors (Lipinski definition) is 1. The van der Waals surface area contributed by atoms with Gasteiger partial charge in [-0.2, -0.15) is 0 Å². The van der Waals surface area contributed by atoms with Crippen LogP contribution in [0.5, 0.6) is 0 Å². The van der Waals surface area contributed by atoms with E-state index in [0.717, 1.165) is 17.1 Å². The first kappa shape index (κ1) is 19.9. The molecule has 2 amide bonds. The lowest BCUT2D eigenvalue weighted by molar-refractivity contribution is -0.129. The van der Waals surface area contributed by atoms with Crippen LogP contribution in [-0.2, 0) is 10.2 Å². The van der Waals surface area contributed by atoms with Crippen LogP contribution < -0.4 is 10.2 Å². The average Bonchev–Trinajstić information content (AvgIpc) is 2.68. The van der Waals surface area contributed by atoms with Gasteiger partial charge in [0.2, 0.25) is 5.91 Å². The number of piperazine rings is 1. The number of para-hydroxylation sites is 1. The third-order valence-corrected chi connectivity index (χ3v) is 5.04. The monoisotopic (exact) mass is 380 g/mol. The topological polar surface area (TPSA) is 65.5 Å². The van der Waals surface area contributed by atoms with Crippen LogP contribution in [0.2, 0.25) is 0 Å². The normalized spacial score (nSPS) is 14.7. The quantitative estimate of drug-likeness (QED) is 0.887. The van der Waals surface area contributed by atoms with E-state index in [-0.39, 0.29) is 17.2 Å². The molecule has 1 N–H and O–H groups in total. The van der Waals surface area contributed by atoms with Gasteiger partial charge in [0.05, 0.1) is 0 Å². The van der Waals surface area contributed by atoms with Crippen LogP contribution in [0.25, 0.3) is 0 Å². The molecule has 0 aliphatic carbocycles. The molecule has 2 aromatic rings. The van der Waals surface area contributed by atoms with Gasteiger partial charge in [-0.05, 0) is 29.2 Å². The smallest absolute Gasteiger partial charge is 0.255 e. The molecule has 0 bridgehead atoms. The van der Waals surface area contributed by atoms with E-state index in [0.29, 0.717) is 31.7 Å². The number of pyridine rings is 1. The van der Waals surface area contributed by atoms with E-state index in [1.54, 1.807) is 19.2 Å². The van der Waals surface area contributed by atoms with Crippen molar-refractivity contribution in [2.45, 2.75) is 33.1 Å². The van der Waals surface area contributed by atoms with Crippen molar-refractivity contribution in [2.75, 3.05) is 36.4 Å². The predicted molar refractivity (Wildman–Crippen MR) is 112 cm³/mol. The Balaban J connectivity index is 1.75. The van der Waals surface area contributed by atoms with Crippen molar-refractivity contribution in [3.8, 4) is 0 Å². The zero-order chi connectivity index (χ0) is 20.3. The molecule has 1 fully saturated rings. The van der Waals surface area contributed by atoms with E-state index in [9.17, 15) is 9.59 Å². The summed E-state index contributed by atoms with van der Waals surface area (Å²) in [5.41, 5.74) is 2.43. The van der Waals surface area contributed by atoms with Crippen molar-refractivity contribution >= 4 is 23.3 Å². The van der Waals surface area contributed by atoms with Gasteiger partial charge < -0.3 is 15.1 Å². The zero-order valence-electron chi connectivity index (χ0n) is 17.0. The Morgan fingerprint density at radius 3 is 2.36 bits per heavy atom. The molecule has 6 nitrogen and oxygen atoms in total. The number of benzene rings is 1. The Bertz CT molecular complexity index is 865. The summed E-state index contributed by atoms with van der Waals surface area (Å²) in [7, 11) is 0. The van der Waals surface area contributed by atoms with Crippen LogP contribution >= 0.6 is 0 Å². The van der Waals surface area contributed by atoms with E-state index in [4.69, 9.17) is 0 Å². The molecular weight excluding hydrogens is 352 g/mol. The maximum Gasteiger partial charge on any atom is 0.255 e. The molecule has 148 valence electrons. The highest BCUT2D eigenvalue weighted by Gasteiger charge is 2.21. The fraction of sp³-hybridized carbons (Fsp3) is 0.409. The van der Waals surface area contributed by atoms with Gasteiger partial charge >= 0.3 is 0 Å². The van der Waals surface area contributed by atoms with E-state index in [1.807, 2.05) is 35.2 Å². The molecule has 1 aromatic heterocycles. The highest BCUT2D eigenvalue weighted by molar-refractivity contribution is 6.05. The first-order valence-corrected chi connectivity index (χ1v) is 9.63. The standard InChI is InChI=1S/C22H28N4O2/c1-16(27)25-11-13-26(14-12-25)20-15-17(9-10-23-20)21(28)24-19-8-6-5-7-18(19)22(2,3)4/h5-10,15H,11-14H2,1-4H3,(H,24,28). The SMILES string of the molecule is CC(=O)N1CCN(c2cc(C(=O)Nc3ccccc3C(C)(C)C)ccn2)CC1. The highest BCUT2D eigenvalue weighted by Crippen LogP contribution is 2.29. The lowest BCUT2D eigenvalue weighted by Crippen LogP contribution is -2.48. The molecule has 1 saturated heterocycles. The molecule has 0 atom stereocenters. The lowest BCUT2D eigenvalue weighted by atomic mass is 9.86. The summed E-state index contributed by atoms with van der Waals surface area (Å²) in [4.78, 5) is 32.7. The van der Waals surface area contributed by atoms with Gasteiger partial charge in [0.25, 0.3) is 5.91 Å². The maximum absolute atomic E-state index is 12.9. The van der Waals surface area contributed by atoms with Crippen LogP contribution in [0.15, 0.2) is 42.6 Å². The molecule has 1 aliphatic heterocycles. The van der Waals surface area contributed by atoms with Crippen molar-refractivity contribution in [3.05, 3.63) is 53.7 Å². The van der Waals surface area contributed by atoms with Gasteiger partial charge in [0, 0.05) is 50.6 Å². The number of carbonyl (C=O) groups is 2. The first-order chi connectivity index (χ1) is 13.3. The minimum absolute atomic E-state index is 0.0658. The summed E-state index contributed by atoms with van der Waals surface area (Å²) in [6.45, 7) is 10.7. The fourth-order valence-electron chi connectivity index (χ4n) is 3.42. The second-order valence-electron chi connectivity index (χ2n) is 8.15. The van der Waals surface area contributed by atoms with Crippen molar-refractivity contribution in [2.24, 2.45) is 0 Å². The van der Waals surface area contributed by atoms with Crippen LogP contribution in [0.4, 0.5) is 11.5 Å². The van der Waals surface area contributed by atoms with Crippen molar-refractivity contribution < 1.29 is 9.59 Å². The molecular formula is C22H28N4O2. The number of amides is 2. The minimum atomic E-state index is -0.150. The van der Waals surface area contributed by atoms with Crippen LogP contribution in [-0.4, -0.2) is 47.9 Å². The summed E-state index contributed by atoms with van der Waals surface area (Å²) in [6, 6.07) is 11.4. The van der Waals surface area contributed by atoms with Gasteiger partial charge in [-0.3, -0.25) is 9.59 Å². The minimum Gasteiger partial charge on any atom is -0.353 e. The van der Waals surface area contributed by atoms with Gasteiger partial charge in [-0.1, -0.05) is 39.0 Å². The summed E-state index contributed by atoms with van der Waals surface area (Å²) < 4.78 is 0. The molecule has 1 aromatic carbocycles. The number of hydrogen-bond acceptors (Lipinski definition) is 4. The Kier molecular flexibility index (Phi) is 5.68. The number of rotatable bonds is 3. The Morgan fingerprint density at radius 2 is 1.71 bits per heavy atom. The van der Waals surface area contributed by atoms with Crippen LogP contribution in [0.1, 0.15) is 43.6 Å². The van der Waals surface area contributed by atoms with E-state index in [2.05, 4.69) is 36.0 Å². The predicted octanol–water partition coefficient (Wildman–Crippen LogP) is 3.30. The maximum atomic E-state index is 12.9. The largest absolute Gasteiger partial charge is 0.353 e. The summed E-state index contributed by atoms with van der Waals surface area (Å²) in [5.74, 6) is 0.709. The summed E-state index contributed by atoms with van der Waals surface area (Å²) >= 11 is 0. The van der Waals surface area contributed by atoms with Crippen molar-refractivity contribution in [3.63, 3.8) is 0 Å². The van der Waals surface area contributed by atoms with Gasteiger partial charge in [0.1, 0.15) is 5.82 Å². The van der Waals surface area contributed by atoms with E-state index >= 15 is 0 Å². The zero-order valence-corrected chi connectivity index (χ0v) is 17.0. The molecule has 0 unspecified atom stereocenters. The van der Waals surface area contributed by atoms with Gasteiger partial charge in [0.15, 0.2) is 0 Å². The number of nitrogens with zero attached hydrogens (tertiary/aromatic N) is 3. The Hall–Kier alpha value is -2.89. The van der Waals surface area contributed by atoms with Gasteiger partial charge in [-0.25, -0.2) is 4.98 Å².